The molecular weight excluding hydrogens is 304 g/mol. The zero-order chi connectivity index (χ0) is 17.1. The highest BCUT2D eigenvalue weighted by Gasteiger charge is 2.59. The quantitative estimate of drug-likeness (QED) is 0.715. The molecule has 2 saturated carbocycles. The molecule has 4 rings (SSSR count). The van der Waals surface area contributed by atoms with Gasteiger partial charge >= 0.3 is 0 Å². The van der Waals surface area contributed by atoms with Crippen LogP contribution in [0.2, 0.25) is 0 Å². The highest BCUT2D eigenvalue weighted by Crippen LogP contribution is 2.51. The summed E-state index contributed by atoms with van der Waals surface area (Å²) < 4.78 is 0. The van der Waals surface area contributed by atoms with E-state index < -0.39 is 12.2 Å². The van der Waals surface area contributed by atoms with Crippen molar-refractivity contribution in [1.82, 2.24) is 5.06 Å². The maximum Gasteiger partial charge on any atom is 0.163 e. The maximum atomic E-state index is 10.7. The summed E-state index contributed by atoms with van der Waals surface area (Å²) in [6, 6.07) is -0.193. The number of hydrogen-bond donors (Lipinski definition) is 2. The summed E-state index contributed by atoms with van der Waals surface area (Å²) in [5.41, 5.74) is -0.243. The van der Waals surface area contributed by atoms with Gasteiger partial charge in [-0.2, -0.15) is 5.06 Å². The van der Waals surface area contributed by atoms with Crippen molar-refractivity contribution in [2.45, 2.75) is 89.5 Å². The second kappa shape index (κ2) is 5.46. The number of amidine groups is 1. The molecule has 0 aromatic carbocycles. The zero-order valence-electron chi connectivity index (χ0n) is 15.0. The zero-order valence-corrected chi connectivity index (χ0v) is 15.0. The maximum absolute atomic E-state index is 10.7. The van der Waals surface area contributed by atoms with Gasteiger partial charge in [0, 0.05) is 17.4 Å². The molecule has 0 saturated heterocycles. The van der Waals surface area contributed by atoms with Crippen LogP contribution < -0.4 is 0 Å². The van der Waals surface area contributed by atoms with Gasteiger partial charge in [-0.1, -0.05) is 46.5 Å². The fourth-order valence-electron chi connectivity index (χ4n) is 4.99. The van der Waals surface area contributed by atoms with Crippen LogP contribution in [-0.4, -0.2) is 44.9 Å². The topological polar surface area (TPSA) is 65.3 Å². The van der Waals surface area contributed by atoms with Crippen molar-refractivity contribution < 1.29 is 15.1 Å². The number of nitrogens with zero attached hydrogens (tertiary/aromatic N) is 2. The first-order chi connectivity index (χ1) is 11.3. The lowest BCUT2D eigenvalue weighted by Gasteiger charge is -2.46. The summed E-state index contributed by atoms with van der Waals surface area (Å²) in [6.45, 7) is 6.37. The molecule has 2 N–H and O–H groups in total. The summed E-state index contributed by atoms with van der Waals surface area (Å²) in [6.07, 6.45) is 8.22. The Hall–Kier alpha value is -1.07. The second-order valence-electron chi connectivity index (χ2n) is 9.05. The van der Waals surface area contributed by atoms with Gasteiger partial charge in [-0.25, -0.2) is 0 Å². The Morgan fingerprint density at radius 3 is 2.46 bits per heavy atom. The molecule has 24 heavy (non-hydrogen) atoms. The number of allylic oxidation sites excluding steroid dienone is 1. The van der Waals surface area contributed by atoms with E-state index >= 15 is 0 Å². The number of fused-ring (bicyclic) bond motifs is 4. The Morgan fingerprint density at radius 2 is 1.83 bits per heavy atom. The van der Waals surface area contributed by atoms with Crippen molar-refractivity contribution >= 4 is 5.84 Å². The van der Waals surface area contributed by atoms with E-state index in [2.05, 4.69) is 20.8 Å². The number of aliphatic hydroxyl groups is 2. The van der Waals surface area contributed by atoms with Crippen LogP contribution in [0.5, 0.6) is 0 Å². The number of aliphatic hydroxyl groups excluding tert-OH is 2. The van der Waals surface area contributed by atoms with Crippen molar-refractivity contribution in [2.75, 3.05) is 0 Å². The molecule has 2 heterocycles. The first-order valence-corrected chi connectivity index (χ1v) is 9.47. The van der Waals surface area contributed by atoms with Gasteiger partial charge in [0.1, 0.15) is 17.9 Å². The number of hydroxylamine groups is 2. The third kappa shape index (κ3) is 2.39. The molecule has 2 aliphatic heterocycles. The van der Waals surface area contributed by atoms with Crippen molar-refractivity contribution in [3.05, 3.63) is 11.8 Å². The van der Waals surface area contributed by atoms with Crippen LogP contribution >= 0.6 is 0 Å². The van der Waals surface area contributed by atoms with Gasteiger partial charge in [0.25, 0.3) is 0 Å². The van der Waals surface area contributed by atoms with Crippen LogP contribution in [0.1, 0.15) is 65.7 Å². The summed E-state index contributed by atoms with van der Waals surface area (Å²) in [4.78, 5) is 11.3. The second-order valence-corrected chi connectivity index (χ2v) is 9.05. The summed E-state index contributed by atoms with van der Waals surface area (Å²) >= 11 is 0. The van der Waals surface area contributed by atoms with Gasteiger partial charge in [0.05, 0.1) is 11.6 Å². The van der Waals surface area contributed by atoms with Crippen LogP contribution in [0.3, 0.4) is 0 Å². The van der Waals surface area contributed by atoms with E-state index in [1.807, 2.05) is 6.08 Å². The van der Waals surface area contributed by atoms with E-state index in [1.165, 1.54) is 25.7 Å². The Kier molecular flexibility index (Phi) is 3.73. The summed E-state index contributed by atoms with van der Waals surface area (Å²) in [7, 11) is 0. The molecule has 4 atom stereocenters. The van der Waals surface area contributed by atoms with Gasteiger partial charge in [0.15, 0.2) is 5.84 Å². The van der Waals surface area contributed by atoms with Gasteiger partial charge in [-0.05, 0) is 19.3 Å². The molecule has 0 aromatic rings. The average Bonchev–Trinajstić information content (AvgIpc) is 2.95. The van der Waals surface area contributed by atoms with E-state index in [0.717, 1.165) is 24.4 Å². The predicted molar refractivity (Wildman–Crippen MR) is 92.2 cm³/mol. The number of hydrogen-bond acceptors (Lipinski definition) is 5. The van der Waals surface area contributed by atoms with E-state index in [0.29, 0.717) is 6.42 Å². The highest BCUT2D eigenvalue weighted by molar-refractivity contribution is 5.95. The largest absolute Gasteiger partial charge is 0.390 e. The molecule has 0 bridgehead atoms. The summed E-state index contributed by atoms with van der Waals surface area (Å²) in [5, 5.41) is 22.8. The molecule has 2 aliphatic carbocycles. The SMILES string of the molecule is CC(C)(C)C1=CC2=NC3(CCCCCC3)[C@H]3C[C@H](O)[C@H](O)[C@H]3N2O1. The molecule has 5 heteroatoms. The van der Waals surface area contributed by atoms with E-state index in [9.17, 15) is 10.2 Å². The fraction of sp³-hybridized carbons (Fsp3) is 0.842. The normalized spacial score (nSPS) is 38.1. The van der Waals surface area contributed by atoms with Crippen LogP contribution in [0, 0.1) is 11.3 Å². The molecule has 0 amide bonds. The lowest BCUT2D eigenvalue weighted by molar-refractivity contribution is -0.143. The third-order valence-electron chi connectivity index (χ3n) is 6.34. The van der Waals surface area contributed by atoms with Crippen molar-refractivity contribution in [3.8, 4) is 0 Å². The van der Waals surface area contributed by atoms with Gasteiger partial charge in [-0.15, -0.1) is 0 Å². The van der Waals surface area contributed by atoms with Crippen LogP contribution in [0.25, 0.3) is 0 Å². The standard InChI is InChI=1S/C19H30N2O3/c1-18(2,3)14-11-15-20-19(8-6-4-5-7-9-19)12-10-13(22)17(23)16(12)21(15)24-14/h11-13,16-17,22-23H,4-10H2,1-3H3/t12-,13-,16-,17-/m0/s1. The summed E-state index contributed by atoms with van der Waals surface area (Å²) in [5.74, 6) is 1.90. The van der Waals surface area contributed by atoms with Crippen molar-refractivity contribution in [2.24, 2.45) is 16.3 Å². The Balaban J connectivity index is 1.77. The van der Waals surface area contributed by atoms with Crippen LogP contribution in [0.4, 0.5) is 0 Å². The Morgan fingerprint density at radius 1 is 1.17 bits per heavy atom. The monoisotopic (exact) mass is 334 g/mol. The Bertz CT molecular complexity index is 570. The lowest BCUT2D eigenvalue weighted by atomic mass is 9.74. The first-order valence-electron chi connectivity index (χ1n) is 9.47. The fourth-order valence-corrected chi connectivity index (χ4v) is 4.99. The average molecular weight is 334 g/mol. The van der Waals surface area contributed by atoms with E-state index in [1.54, 1.807) is 5.06 Å². The molecule has 0 radical (unpaired) electrons. The first kappa shape index (κ1) is 16.4. The number of rotatable bonds is 0. The molecule has 0 unspecified atom stereocenters. The van der Waals surface area contributed by atoms with Crippen molar-refractivity contribution in [3.63, 3.8) is 0 Å². The van der Waals surface area contributed by atoms with E-state index in [-0.39, 0.29) is 22.9 Å². The molecule has 2 fully saturated rings. The number of aliphatic imine (C=N–C) groups is 1. The van der Waals surface area contributed by atoms with Crippen molar-refractivity contribution in [1.29, 1.82) is 0 Å². The molecule has 1 spiro atoms. The Labute approximate surface area is 144 Å². The smallest absolute Gasteiger partial charge is 0.163 e. The van der Waals surface area contributed by atoms with Gasteiger partial charge in [0.2, 0.25) is 0 Å². The van der Waals surface area contributed by atoms with Crippen LogP contribution in [0.15, 0.2) is 16.8 Å². The lowest BCUT2D eigenvalue weighted by Crippen LogP contribution is -2.56. The molecule has 4 aliphatic rings. The molecule has 0 aromatic heterocycles. The minimum atomic E-state index is -0.770. The molecule has 5 nitrogen and oxygen atoms in total. The molecule has 134 valence electrons. The van der Waals surface area contributed by atoms with Gasteiger partial charge in [-0.3, -0.25) is 4.99 Å². The van der Waals surface area contributed by atoms with Gasteiger partial charge < -0.3 is 15.1 Å². The third-order valence-corrected chi connectivity index (χ3v) is 6.34. The van der Waals surface area contributed by atoms with E-state index in [4.69, 9.17) is 9.83 Å². The minimum Gasteiger partial charge on any atom is -0.390 e. The predicted octanol–water partition coefficient (Wildman–Crippen LogP) is 2.78. The van der Waals surface area contributed by atoms with Crippen LogP contribution in [-0.2, 0) is 4.84 Å². The molecular formula is C19H30N2O3. The minimum absolute atomic E-state index is 0.103. The highest BCUT2D eigenvalue weighted by atomic mass is 16.7.